The number of nitrogens with one attached hydrogen (secondary N) is 2. The van der Waals surface area contributed by atoms with Gasteiger partial charge in [0.25, 0.3) is 0 Å². The molecule has 1 saturated carbocycles. The van der Waals surface area contributed by atoms with Crippen LogP contribution < -0.4 is 5.32 Å². The Morgan fingerprint density at radius 3 is 2.79 bits per heavy atom. The zero-order valence-electron chi connectivity index (χ0n) is 17.4. The first-order valence-corrected chi connectivity index (χ1v) is 10.4. The summed E-state index contributed by atoms with van der Waals surface area (Å²) >= 11 is 6.14. The van der Waals surface area contributed by atoms with Gasteiger partial charge in [-0.2, -0.15) is 0 Å². The number of aromatic amines is 1. The minimum absolute atomic E-state index is 0.134. The van der Waals surface area contributed by atoms with Crippen LogP contribution >= 0.6 is 11.6 Å². The molecule has 2 fully saturated rings. The lowest BCUT2D eigenvalue weighted by Gasteiger charge is -2.39. The summed E-state index contributed by atoms with van der Waals surface area (Å²) in [7, 11) is 1.32. The van der Waals surface area contributed by atoms with E-state index in [9.17, 15) is 9.59 Å². The highest BCUT2D eigenvalue weighted by Gasteiger charge is 2.49. The molecule has 1 aromatic carbocycles. The number of hydrogen-bond donors (Lipinski definition) is 2. The van der Waals surface area contributed by atoms with Crippen LogP contribution in [-0.2, 0) is 9.53 Å². The van der Waals surface area contributed by atoms with Crippen LogP contribution in [0.5, 0.6) is 0 Å². The number of carbonyl (C=O) groups excluding carboxylic acids is 2. The maximum atomic E-state index is 13.0. The van der Waals surface area contributed by atoms with E-state index < -0.39 is 5.97 Å². The Kier molecular flexibility index (Phi) is 4.90. The number of amides is 1. The van der Waals surface area contributed by atoms with E-state index in [4.69, 9.17) is 16.3 Å². The Bertz CT molecular complexity index is 983. The van der Waals surface area contributed by atoms with Crippen molar-refractivity contribution in [3.8, 4) is 0 Å². The Balaban J connectivity index is 1.57. The fraction of sp³-hybridized carbons (Fsp3) is 0.545. The average Bonchev–Trinajstić information content (AvgIpc) is 3.07. The highest BCUT2D eigenvalue weighted by Crippen LogP contribution is 2.52. The van der Waals surface area contributed by atoms with Gasteiger partial charge in [0, 0.05) is 28.5 Å². The molecule has 2 N–H and O–H groups in total. The van der Waals surface area contributed by atoms with Gasteiger partial charge in [-0.05, 0) is 48.3 Å². The number of likely N-dealkylation sites (tertiary alicyclic amines) is 1. The standard InChI is InChI=1S/C22H28ClN3O3/c1-21(2)8-14-9-22(3,11-21)12-26(14)10-17(27)25-18-15-7-13(23)5-6-16(15)24-19(18)20(28)29-4/h5-7,14,24H,8-12H2,1-4H3,(H,25,27). The molecule has 156 valence electrons. The maximum Gasteiger partial charge on any atom is 0.356 e. The number of H-pyrrole nitrogens is 1. The van der Waals surface area contributed by atoms with Gasteiger partial charge in [0.1, 0.15) is 5.69 Å². The summed E-state index contributed by atoms with van der Waals surface area (Å²) in [6, 6.07) is 5.68. The van der Waals surface area contributed by atoms with Gasteiger partial charge in [0.05, 0.1) is 19.3 Å². The van der Waals surface area contributed by atoms with Gasteiger partial charge in [-0.25, -0.2) is 4.79 Å². The fourth-order valence-corrected chi connectivity index (χ4v) is 5.85. The first-order valence-electron chi connectivity index (χ1n) is 10.0. The Morgan fingerprint density at radius 1 is 1.31 bits per heavy atom. The number of ether oxygens (including phenoxy) is 1. The van der Waals surface area contributed by atoms with Crippen molar-refractivity contribution in [2.24, 2.45) is 10.8 Å². The molecule has 2 atom stereocenters. The molecule has 2 unspecified atom stereocenters. The molecule has 6 nitrogen and oxygen atoms in total. The van der Waals surface area contributed by atoms with E-state index >= 15 is 0 Å². The number of halogens is 1. The largest absolute Gasteiger partial charge is 0.464 e. The Hall–Kier alpha value is -2.05. The monoisotopic (exact) mass is 417 g/mol. The van der Waals surface area contributed by atoms with Crippen LogP contribution in [0.1, 0.15) is 50.5 Å². The van der Waals surface area contributed by atoms with E-state index in [-0.39, 0.29) is 17.0 Å². The van der Waals surface area contributed by atoms with Gasteiger partial charge >= 0.3 is 5.97 Å². The molecule has 2 bridgehead atoms. The molecule has 1 saturated heterocycles. The summed E-state index contributed by atoms with van der Waals surface area (Å²) < 4.78 is 4.88. The van der Waals surface area contributed by atoms with Crippen molar-refractivity contribution in [3.63, 3.8) is 0 Å². The number of rotatable bonds is 4. The third kappa shape index (κ3) is 3.88. The molecule has 1 aliphatic heterocycles. The number of fused-ring (bicyclic) bond motifs is 3. The van der Waals surface area contributed by atoms with E-state index in [2.05, 4.69) is 36.0 Å². The van der Waals surface area contributed by atoms with Crippen LogP contribution in [0.2, 0.25) is 5.02 Å². The predicted octanol–water partition coefficient (Wildman–Crippen LogP) is 4.45. The van der Waals surface area contributed by atoms with E-state index in [0.29, 0.717) is 34.1 Å². The van der Waals surface area contributed by atoms with E-state index in [1.165, 1.54) is 13.5 Å². The molecule has 7 heteroatoms. The van der Waals surface area contributed by atoms with Crippen molar-refractivity contribution in [2.75, 3.05) is 25.5 Å². The zero-order chi connectivity index (χ0) is 21.0. The van der Waals surface area contributed by atoms with Crippen molar-refractivity contribution < 1.29 is 14.3 Å². The normalized spacial score (nSPS) is 25.9. The zero-order valence-corrected chi connectivity index (χ0v) is 18.2. The molecule has 1 aromatic heterocycles. The van der Waals surface area contributed by atoms with Gasteiger partial charge in [-0.3, -0.25) is 9.69 Å². The van der Waals surface area contributed by atoms with E-state index in [1.54, 1.807) is 18.2 Å². The molecule has 4 rings (SSSR count). The molecule has 2 aromatic rings. The molecule has 2 aliphatic rings. The molecule has 2 heterocycles. The minimum Gasteiger partial charge on any atom is -0.464 e. The van der Waals surface area contributed by atoms with E-state index in [0.717, 1.165) is 24.9 Å². The van der Waals surface area contributed by atoms with Crippen LogP contribution in [0, 0.1) is 10.8 Å². The average molecular weight is 418 g/mol. The van der Waals surface area contributed by atoms with Gasteiger partial charge in [-0.1, -0.05) is 32.4 Å². The van der Waals surface area contributed by atoms with Crippen molar-refractivity contribution in [2.45, 2.75) is 46.1 Å². The highest BCUT2D eigenvalue weighted by molar-refractivity contribution is 6.31. The van der Waals surface area contributed by atoms with Gasteiger partial charge in [0.15, 0.2) is 0 Å². The van der Waals surface area contributed by atoms with Crippen molar-refractivity contribution >= 4 is 40.1 Å². The summed E-state index contributed by atoms with van der Waals surface area (Å²) in [5.74, 6) is -0.663. The topological polar surface area (TPSA) is 74.4 Å². The van der Waals surface area contributed by atoms with Crippen molar-refractivity contribution in [3.05, 3.63) is 28.9 Å². The maximum absolute atomic E-state index is 13.0. The smallest absolute Gasteiger partial charge is 0.356 e. The number of nitrogens with zero attached hydrogens (tertiary/aromatic N) is 1. The summed E-state index contributed by atoms with van der Waals surface area (Å²) in [4.78, 5) is 30.5. The molecule has 0 spiro atoms. The number of benzene rings is 1. The second-order valence-electron chi connectivity index (χ2n) is 9.72. The predicted molar refractivity (Wildman–Crippen MR) is 114 cm³/mol. The lowest BCUT2D eigenvalue weighted by atomic mass is 9.65. The molecule has 1 amide bonds. The number of carbonyl (C=O) groups is 2. The molecule has 1 aliphatic carbocycles. The first-order chi connectivity index (χ1) is 13.6. The summed E-state index contributed by atoms with van der Waals surface area (Å²) in [5.41, 5.74) is 1.93. The first kappa shape index (κ1) is 20.2. The molecular weight excluding hydrogens is 390 g/mol. The Morgan fingerprint density at radius 2 is 2.07 bits per heavy atom. The third-order valence-electron chi connectivity index (χ3n) is 6.28. The lowest BCUT2D eigenvalue weighted by molar-refractivity contribution is -0.117. The van der Waals surface area contributed by atoms with Gasteiger partial charge in [-0.15, -0.1) is 0 Å². The second-order valence-corrected chi connectivity index (χ2v) is 10.2. The SMILES string of the molecule is COC(=O)c1[nH]c2ccc(Cl)cc2c1NC(=O)CN1CC2(C)CC1CC(C)(C)C2. The second kappa shape index (κ2) is 7.03. The quantitative estimate of drug-likeness (QED) is 0.721. The van der Waals surface area contributed by atoms with Crippen LogP contribution in [0.3, 0.4) is 0 Å². The highest BCUT2D eigenvalue weighted by atomic mass is 35.5. The fourth-order valence-electron chi connectivity index (χ4n) is 5.67. The van der Waals surface area contributed by atoms with Crippen LogP contribution in [0.25, 0.3) is 10.9 Å². The van der Waals surface area contributed by atoms with Crippen molar-refractivity contribution in [1.82, 2.24) is 9.88 Å². The number of hydrogen-bond acceptors (Lipinski definition) is 4. The van der Waals surface area contributed by atoms with Crippen molar-refractivity contribution in [1.29, 1.82) is 0 Å². The Labute approximate surface area is 175 Å². The summed E-state index contributed by atoms with van der Waals surface area (Å²) in [6.07, 6.45) is 3.42. The number of anilines is 1. The lowest BCUT2D eigenvalue weighted by Crippen LogP contribution is -2.38. The van der Waals surface area contributed by atoms with Gasteiger partial charge in [0.2, 0.25) is 5.91 Å². The number of aromatic nitrogens is 1. The van der Waals surface area contributed by atoms with Crippen LogP contribution in [0.15, 0.2) is 18.2 Å². The third-order valence-corrected chi connectivity index (χ3v) is 6.52. The molecule has 0 radical (unpaired) electrons. The summed E-state index contributed by atoms with van der Waals surface area (Å²) in [5, 5.41) is 4.17. The number of esters is 1. The van der Waals surface area contributed by atoms with Gasteiger partial charge < -0.3 is 15.0 Å². The summed E-state index contributed by atoms with van der Waals surface area (Å²) in [6.45, 7) is 8.21. The van der Waals surface area contributed by atoms with E-state index in [1.807, 2.05) is 0 Å². The molecular formula is C22H28ClN3O3. The minimum atomic E-state index is -0.529. The van der Waals surface area contributed by atoms with Crippen LogP contribution in [-0.4, -0.2) is 48.0 Å². The number of methoxy groups -OCH3 is 1. The van der Waals surface area contributed by atoms with Crippen LogP contribution in [0.4, 0.5) is 5.69 Å². The molecule has 29 heavy (non-hydrogen) atoms.